The highest BCUT2D eigenvalue weighted by Gasteiger charge is 2.29. The lowest BCUT2D eigenvalue weighted by atomic mass is 9.98. The van der Waals surface area contributed by atoms with Crippen LogP contribution >= 0.6 is 0 Å². The molecule has 0 aliphatic heterocycles. The van der Waals surface area contributed by atoms with E-state index in [0.29, 0.717) is 19.8 Å². The van der Waals surface area contributed by atoms with E-state index < -0.39 is 18.0 Å². The molecular formula is C24H29NO7. The lowest BCUT2D eigenvalue weighted by Gasteiger charge is -2.16. The maximum Gasteiger partial charge on any atom is 0.325 e. The summed E-state index contributed by atoms with van der Waals surface area (Å²) in [6.45, 7) is 1.66. The zero-order valence-corrected chi connectivity index (χ0v) is 17.9. The van der Waals surface area contributed by atoms with Crippen molar-refractivity contribution in [1.29, 1.82) is 0 Å². The lowest BCUT2D eigenvalue weighted by Crippen LogP contribution is -2.37. The van der Waals surface area contributed by atoms with E-state index in [9.17, 15) is 9.59 Å². The average Bonchev–Trinajstić information content (AvgIpc) is 3.12. The summed E-state index contributed by atoms with van der Waals surface area (Å²) in [5.41, 5.74) is 10.5. The summed E-state index contributed by atoms with van der Waals surface area (Å²) in [6, 6.07) is 15.4. The maximum atomic E-state index is 12.3. The van der Waals surface area contributed by atoms with Crippen LogP contribution in [-0.4, -0.2) is 69.3 Å². The van der Waals surface area contributed by atoms with Crippen LogP contribution in [0.5, 0.6) is 0 Å². The standard InChI is InChI=1S/C24H29NO7/c25-22(16-31-14-13-30-12-11-29-10-9-23(26)27)24(28)32-15-21-19-7-3-1-5-17(19)18-6-2-4-8-20(18)21/h1-8,21-22H,9-16,25H2,(H,26,27)/t22-/m0/s1. The predicted molar refractivity (Wildman–Crippen MR) is 117 cm³/mol. The second-order valence-electron chi connectivity index (χ2n) is 7.41. The molecule has 3 rings (SSSR count). The minimum Gasteiger partial charge on any atom is -0.481 e. The molecule has 1 aliphatic rings. The Labute approximate surface area is 187 Å². The monoisotopic (exact) mass is 443 g/mol. The van der Waals surface area contributed by atoms with Crippen LogP contribution in [0, 0.1) is 0 Å². The molecule has 2 aromatic carbocycles. The number of esters is 1. The summed E-state index contributed by atoms with van der Waals surface area (Å²) in [5.74, 6) is -1.41. The van der Waals surface area contributed by atoms with Crippen molar-refractivity contribution in [2.45, 2.75) is 18.4 Å². The van der Waals surface area contributed by atoms with Gasteiger partial charge in [-0.05, 0) is 22.3 Å². The fraction of sp³-hybridized carbons (Fsp3) is 0.417. The molecule has 0 radical (unpaired) electrons. The van der Waals surface area contributed by atoms with Crippen molar-refractivity contribution in [3.05, 3.63) is 59.7 Å². The van der Waals surface area contributed by atoms with Crippen LogP contribution in [0.3, 0.4) is 0 Å². The maximum absolute atomic E-state index is 12.3. The van der Waals surface area contributed by atoms with Gasteiger partial charge < -0.3 is 29.8 Å². The minimum absolute atomic E-state index is 0.00872. The zero-order chi connectivity index (χ0) is 22.8. The van der Waals surface area contributed by atoms with E-state index in [-0.39, 0.29) is 38.8 Å². The van der Waals surface area contributed by atoms with E-state index >= 15 is 0 Å². The molecule has 0 saturated carbocycles. The van der Waals surface area contributed by atoms with Crippen LogP contribution in [0.2, 0.25) is 0 Å². The minimum atomic E-state index is -0.896. The molecule has 1 atom stereocenters. The average molecular weight is 443 g/mol. The first-order valence-electron chi connectivity index (χ1n) is 10.6. The van der Waals surface area contributed by atoms with Gasteiger partial charge in [-0.3, -0.25) is 9.59 Å². The molecule has 1 aliphatic carbocycles. The van der Waals surface area contributed by atoms with Crippen molar-refractivity contribution in [2.24, 2.45) is 5.73 Å². The molecule has 172 valence electrons. The van der Waals surface area contributed by atoms with Gasteiger partial charge in [0.2, 0.25) is 0 Å². The number of rotatable bonds is 14. The Morgan fingerprint density at radius 1 is 0.844 bits per heavy atom. The van der Waals surface area contributed by atoms with Crippen molar-refractivity contribution < 1.29 is 33.6 Å². The molecule has 0 fully saturated rings. The Bertz CT molecular complexity index is 856. The number of ether oxygens (including phenoxy) is 4. The molecule has 3 N–H and O–H groups in total. The van der Waals surface area contributed by atoms with Gasteiger partial charge in [-0.2, -0.15) is 0 Å². The zero-order valence-electron chi connectivity index (χ0n) is 17.9. The lowest BCUT2D eigenvalue weighted by molar-refractivity contribution is -0.147. The number of aliphatic carboxylic acids is 1. The second-order valence-corrected chi connectivity index (χ2v) is 7.41. The summed E-state index contributed by atoms with van der Waals surface area (Å²) in [4.78, 5) is 22.7. The van der Waals surface area contributed by atoms with E-state index in [1.807, 2.05) is 24.3 Å². The molecule has 32 heavy (non-hydrogen) atoms. The van der Waals surface area contributed by atoms with E-state index in [2.05, 4.69) is 24.3 Å². The summed E-state index contributed by atoms with van der Waals surface area (Å²) >= 11 is 0. The van der Waals surface area contributed by atoms with Crippen LogP contribution < -0.4 is 5.73 Å². The highest BCUT2D eigenvalue weighted by atomic mass is 16.6. The topological polar surface area (TPSA) is 117 Å². The molecular weight excluding hydrogens is 414 g/mol. The normalized spacial score (nSPS) is 13.4. The first-order chi connectivity index (χ1) is 15.6. The van der Waals surface area contributed by atoms with Crippen LogP contribution in [-0.2, 0) is 28.5 Å². The molecule has 0 unspecified atom stereocenters. The predicted octanol–water partition coefficient (Wildman–Crippen LogP) is 2.19. The van der Waals surface area contributed by atoms with Gasteiger partial charge >= 0.3 is 11.9 Å². The van der Waals surface area contributed by atoms with Gasteiger partial charge in [-0.1, -0.05) is 48.5 Å². The number of carboxylic acid groups (broad SMARTS) is 1. The Hall–Kier alpha value is -2.78. The Morgan fingerprint density at radius 3 is 1.97 bits per heavy atom. The summed E-state index contributed by atoms with van der Waals surface area (Å²) < 4.78 is 21.3. The summed E-state index contributed by atoms with van der Waals surface area (Å²) in [5, 5.41) is 8.49. The Kier molecular flexibility index (Phi) is 9.18. The third-order valence-electron chi connectivity index (χ3n) is 5.16. The van der Waals surface area contributed by atoms with Crippen molar-refractivity contribution in [3.63, 3.8) is 0 Å². The molecule has 0 aromatic heterocycles. The first kappa shape index (κ1) is 23.9. The fourth-order valence-electron chi connectivity index (χ4n) is 3.59. The smallest absolute Gasteiger partial charge is 0.325 e. The SMILES string of the molecule is N[C@@H](COCCOCCOCCC(=O)O)C(=O)OCC1c2ccccc2-c2ccccc21. The van der Waals surface area contributed by atoms with Gasteiger partial charge in [0.25, 0.3) is 0 Å². The molecule has 8 nitrogen and oxygen atoms in total. The molecule has 0 amide bonds. The van der Waals surface area contributed by atoms with Gasteiger partial charge in [-0.25, -0.2) is 0 Å². The quantitative estimate of drug-likeness (QED) is 0.337. The van der Waals surface area contributed by atoms with E-state index in [0.717, 1.165) is 11.1 Å². The third-order valence-corrected chi connectivity index (χ3v) is 5.16. The summed E-state index contributed by atoms with van der Waals surface area (Å²) in [7, 11) is 0. The number of carboxylic acids is 1. The van der Waals surface area contributed by atoms with Crippen LogP contribution in [0.25, 0.3) is 11.1 Å². The molecule has 0 bridgehead atoms. The number of fused-ring (bicyclic) bond motifs is 3. The van der Waals surface area contributed by atoms with Gasteiger partial charge in [0, 0.05) is 5.92 Å². The van der Waals surface area contributed by atoms with E-state index in [4.69, 9.17) is 29.8 Å². The van der Waals surface area contributed by atoms with Gasteiger partial charge in [0.1, 0.15) is 12.6 Å². The number of nitrogens with two attached hydrogens (primary N) is 1. The van der Waals surface area contributed by atoms with Gasteiger partial charge in [-0.15, -0.1) is 0 Å². The largest absolute Gasteiger partial charge is 0.481 e. The van der Waals surface area contributed by atoms with Crippen LogP contribution in [0.4, 0.5) is 0 Å². The van der Waals surface area contributed by atoms with Crippen molar-refractivity contribution in [3.8, 4) is 11.1 Å². The molecule has 0 saturated heterocycles. The number of hydrogen-bond acceptors (Lipinski definition) is 7. The van der Waals surface area contributed by atoms with Gasteiger partial charge in [0.15, 0.2) is 0 Å². The molecule has 0 heterocycles. The number of benzene rings is 2. The van der Waals surface area contributed by atoms with Crippen molar-refractivity contribution in [1.82, 2.24) is 0 Å². The summed E-state index contributed by atoms with van der Waals surface area (Å²) in [6.07, 6.45) is -0.0309. The van der Waals surface area contributed by atoms with Crippen molar-refractivity contribution in [2.75, 3.05) is 46.2 Å². The fourth-order valence-corrected chi connectivity index (χ4v) is 3.59. The van der Waals surface area contributed by atoms with Gasteiger partial charge in [0.05, 0.1) is 46.1 Å². The highest BCUT2D eigenvalue weighted by molar-refractivity contribution is 5.79. The molecule has 2 aromatic rings. The van der Waals surface area contributed by atoms with Crippen molar-refractivity contribution >= 4 is 11.9 Å². The number of carbonyl (C=O) groups is 2. The van der Waals surface area contributed by atoms with Crippen LogP contribution in [0.15, 0.2) is 48.5 Å². The molecule has 0 spiro atoms. The molecule has 8 heteroatoms. The Morgan fingerprint density at radius 2 is 1.38 bits per heavy atom. The second kappa shape index (κ2) is 12.3. The van der Waals surface area contributed by atoms with E-state index in [1.165, 1.54) is 11.1 Å². The Balaban J connectivity index is 1.32. The highest BCUT2D eigenvalue weighted by Crippen LogP contribution is 2.44. The third kappa shape index (κ3) is 6.61. The van der Waals surface area contributed by atoms with E-state index in [1.54, 1.807) is 0 Å². The van der Waals surface area contributed by atoms with Crippen LogP contribution in [0.1, 0.15) is 23.5 Å². The number of carbonyl (C=O) groups excluding carboxylic acids is 1. The number of hydrogen-bond donors (Lipinski definition) is 2. The first-order valence-corrected chi connectivity index (χ1v) is 10.6.